The summed E-state index contributed by atoms with van der Waals surface area (Å²) in [6, 6.07) is 18.3. The minimum Gasteiger partial charge on any atom is -0.493 e. The number of aromatic nitrogens is 2. The van der Waals surface area contributed by atoms with Crippen LogP contribution in [0.1, 0.15) is 28.1 Å². The fraction of sp³-hybridized carbons (Fsp3) is 0.240. The predicted octanol–water partition coefficient (Wildman–Crippen LogP) is 5.51. The zero-order valence-electron chi connectivity index (χ0n) is 17.2. The van der Waals surface area contributed by atoms with Crippen molar-refractivity contribution < 1.29 is 9.15 Å². The van der Waals surface area contributed by atoms with Crippen molar-refractivity contribution in [3.05, 3.63) is 95.1 Å². The summed E-state index contributed by atoms with van der Waals surface area (Å²) >= 11 is 0. The summed E-state index contributed by atoms with van der Waals surface area (Å²) in [5.41, 5.74) is 5.85. The molecule has 4 aromatic rings. The van der Waals surface area contributed by atoms with Gasteiger partial charge in [-0.1, -0.05) is 30.3 Å². The van der Waals surface area contributed by atoms with Crippen molar-refractivity contribution in [3.8, 4) is 17.2 Å². The molecule has 0 radical (unpaired) electrons. The highest BCUT2D eigenvalue weighted by Crippen LogP contribution is 2.22. The van der Waals surface area contributed by atoms with Gasteiger partial charge >= 0.3 is 0 Å². The van der Waals surface area contributed by atoms with Gasteiger partial charge in [-0.05, 0) is 61.2 Å². The van der Waals surface area contributed by atoms with Gasteiger partial charge < -0.3 is 13.7 Å². The number of oxazole rings is 1. The Kier molecular flexibility index (Phi) is 5.52. The van der Waals surface area contributed by atoms with Gasteiger partial charge in [0, 0.05) is 31.4 Å². The topological polar surface area (TPSA) is 40.2 Å². The smallest absolute Gasteiger partial charge is 0.226 e. The molecule has 2 aromatic carbocycles. The Morgan fingerprint density at radius 3 is 2.59 bits per heavy atom. The summed E-state index contributed by atoms with van der Waals surface area (Å²) in [5.74, 6) is 2.40. The Morgan fingerprint density at radius 2 is 1.83 bits per heavy atom. The van der Waals surface area contributed by atoms with E-state index in [2.05, 4.69) is 54.1 Å². The minimum atomic E-state index is 0.565. The lowest BCUT2D eigenvalue weighted by Crippen LogP contribution is -2.03. The highest BCUT2D eigenvalue weighted by atomic mass is 16.5. The van der Waals surface area contributed by atoms with Gasteiger partial charge in [-0.2, -0.15) is 0 Å². The second-order valence-corrected chi connectivity index (χ2v) is 7.44. The molecule has 0 bridgehead atoms. The first kappa shape index (κ1) is 19.1. The number of aryl methyl sites for hydroxylation is 3. The highest BCUT2D eigenvalue weighted by molar-refractivity contribution is 5.53. The van der Waals surface area contributed by atoms with Crippen molar-refractivity contribution >= 4 is 0 Å². The number of ether oxygens (including phenoxy) is 1. The maximum Gasteiger partial charge on any atom is 0.226 e. The molecule has 0 unspecified atom stereocenters. The zero-order valence-corrected chi connectivity index (χ0v) is 17.2. The Hall–Kier alpha value is -3.27. The van der Waals surface area contributed by atoms with Crippen molar-refractivity contribution in [1.82, 2.24) is 9.55 Å². The Balaban J connectivity index is 1.38. The average molecular weight is 386 g/mol. The van der Waals surface area contributed by atoms with Crippen LogP contribution in [0, 0.1) is 13.8 Å². The standard InChI is InChI=1S/C25H26N2O2/c1-18-16-27(3)17-22(18)14-20-8-7-11-23(15-20)28-13-12-24-19(2)29-25(26-24)21-9-5-4-6-10-21/h4-11,15-17H,12-14H2,1-3H3. The van der Waals surface area contributed by atoms with Gasteiger partial charge in [-0.15, -0.1) is 0 Å². The molecule has 4 heteroatoms. The molecule has 2 aromatic heterocycles. The summed E-state index contributed by atoms with van der Waals surface area (Å²) in [6.45, 7) is 4.67. The van der Waals surface area contributed by atoms with Crippen LogP contribution in [0.15, 0.2) is 71.4 Å². The molecule has 0 N–H and O–H groups in total. The number of hydrogen-bond acceptors (Lipinski definition) is 3. The summed E-state index contributed by atoms with van der Waals surface area (Å²) in [4.78, 5) is 4.65. The molecule has 0 fully saturated rings. The van der Waals surface area contributed by atoms with Crippen LogP contribution in [0.2, 0.25) is 0 Å². The van der Waals surface area contributed by atoms with Crippen LogP contribution in [-0.4, -0.2) is 16.2 Å². The van der Waals surface area contributed by atoms with E-state index >= 15 is 0 Å². The molecule has 2 heterocycles. The van der Waals surface area contributed by atoms with Crippen LogP contribution < -0.4 is 4.74 Å². The Morgan fingerprint density at radius 1 is 1.00 bits per heavy atom. The Bertz CT molecular complexity index is 1090. The molecular formula is C25H26N2O2. The molecule has 0 saturated heterocycles. The van der Waals surface area contributed by atoms with Crippen LogP contribution in [0.4, 0.5) is 0 Å². The molecule has 148 valence electrons. The lowest BCUT2D eigenvalue weighted by molar-refractivity contribution is 0.319. The molecule has 0 spiro atoms. The number of rotatable bonds is 7. The Labute approximate surface area is 171 Å². The molecule has 29 heavy (non-hydrogen) atoms. The molecule has 0 amide bonds. The molecule has 0 aliphatic rings. The van der Waals surface area contributed by atoms with Crippen LogP contribution in [0.3, 0.4) is 0 Å². The maximum absolute atomic E-state index is 6.01. The van der Waals surface area contributed by atoms with E-state index in [9.17, 15) is 0 Å². The van der Waals surface area contributed by atoms with Crippen molar-refractivity contribution in [2.45, 2.75) is 26.7 Å². The van der Waals surface area contributed by atoms with Gasteiger partial charge in [-0.25, -0.2) is 4.98 Å². The molecule has 0 aliphatic heterocycles. The first-order valence-electron chi connectivity index (χ1n) is 9.93. The summed E-state index contributed by atoms with van der Waals surface area (Å²) in [7, 11) is 2.06. The van der Waals surface area contributed by atoms with Crippen molar-refractivity contribution in [3.63, 3.8) is 0 Å². The number of nitrogens with zero attached hydrogens (tertiary/aromatic N) is 2. The van der Waals surface area contributed by atoms with E-state index in [0.717, 1.165) is 29.2 Å². The van der Waals surface area contributed by atoms with E-state index in [1.807, 2.05) is 43.3 Å². The second kappa shape index (κ2) is 8.39. The highest BCUT2D eigenvalue weighted by Gasteiger charge is 2.11. The normalized spacial score (nSPS) is 11.0. The van der Waals surface area contributed by atoms with E-state index in [-0.39, 0.29) is 0 Å². The maximum atomic E-state index is 6.01. The largest absolute Gasteiger partial charge is 0.493 e. The van der Waals surface area contributed by atoms with Gasteiger partial charge in [0.1, 0.15) is 11.5 Å². The third-order valence-electron chi connectivity index (χ3n) is 5.08. The van der Waals surface area contributed by atoms with Gasteiger partial charge in [-0.3, -0.25) is 0 Å². The van der Waals surface area contributed by atoms with Gasteiger partial charge in [0.05, 0.1) is 12.3 Å². The third kappa shape index (κ3) is 4.60. The van der Waals surface area contributed by atoms with Gasteiger partial charge in [0.25, 0.3) is 0 Å². The van der Waals surface area contributed by atoms with Crippen LogP contribution in [-0.2, 0) is 19.9 Å². The van der Waals surface area contributed by atoms with Crippen molar-refractivity contribution in [2.75, 3.05) is 6.61 Å². The lowest BCUT2D eigenvalue weighted by atomic mass is 10.0. The van der Waals surface area contributed by atoms with E-state index in [4.69, 9.17) is 9.15 Å². The quantitative estimate of drug-likeness (QED) is 0.420. The second-order valence-electron chi connectivity index (χ2n) is 7.44. The summed E-state index contributed by atoms with van der Waals surface area (Å²) < 4.78 is 13.9. The average Bonchev–Trinajstić information content (AvgIpc) is 3.24. The molecule has 4 rings (SSSR count). The molecular weight excluding hydrogens is 360 g/mol. The van der Waals surface area contributed by atoms with Crippen LogP contribution >= 0.6 is 0 Å². The summed E-state index contributed by atoms with van der Waals surface area (Å²) in [5, 5.41) is 0. The third-order valence-corrected chi connectivity index (χ3v) is 5.08. The molecule has 0 saturated carbocycles. The predicted molar refractivity (Wildman–Crippen MR) is 115 cm³/mol. The lowest BCUT2D eigenvalue weighted by Gasteiger charge is -2.08. The van der Waals surface area contributed by atoms with Crippen LogP contribution in [0.25, 0.3) is 11.5 Å². The van der Waals surface area contributed by atoms with Crippen molar-refractivity contribution in [1.29, 1.82) is 0 Å². The zero-order chi connectivity index (χ0) is 20.2. The SMILES string of the molecule is Cc1cn(C)cc1Cc1cccc(OCCc2nc(-c3ccccc3)oc2C)c1. The first-order chi connectivity index (χ1) is 14.1. The number of hydrogen-bond donors (Lipinski definition) is 0. The van der Waals surface area contributed by atoms with Crippen LogP contribution in [0.5, 0.6) is 5.75 Å². The van der Waals surface area contributed by atoms with E-state index in [1.165, 1.54) is 16.7 Å². The fourth-order valence-corrected chi connectivity index (χ4v) is 3.55. The van der Waals surface area contributed by atoms with E-state index in [0.29, 0.717) is 18.9 Å². The molecule has 0 aliphatic carbocycles. The number of benzene rings is 2. The minimum absolute atomic E-state index is 0.565. The monoisotopic (exact) mass is 386 g/mol. The fourth-order valence-electron chi connectivity index (χ4n) is 3.55. The molecule has 4 nitrogen and oxygen atoms in total. The van der Waals surface area contributed by atoms with E-state index in [1.54, 1.807) is 0 Å². The van der Waals surface area contributed by atoms with Crippen molar-refractivity contribution in [2.24, 2.45) is 7.05 Å². The first-order valence-corrected chi connectivity index (χ1v) is 9.93. The molecule has 0 atom stereocenters. The van der Waals surface area contributed by atoms with Gasteiger partial charge in [0.15, 0.2) is 0 Å². The van der Waals surface area contributed by atoms with Gasteiger partial charge in [0.2, 0.25) is 5.89 Å². The van der Waals surface area contributed by atoms with E-state index < -0.39 is 0 Å². The summed E-state index contributed by atoms with van der Waals surface area (Å²) in [6.07, 6.45) is 5.96.